The quantitative estimate of drug-likeness (QED) is 0.380. The molecule has 10 heteroatoms. The van der Waals surface area contributed by atoms with Crippen LogP contribution in [0.3, 0.4) is 0 Å². The maximum Gasteiger partial charge on any atom is 0.264 e. The first-order chi connectivity index (χ1) is 14.7. The number of benzene rings is 2. The lowest BCUT2D eigenvalue weighted by atomic mass is 10.1. The van der Waals surface area contributed by atoms with E-state index in [0.717, 1.165) is 19.8 Å². The number of sulfonamides is 1. The molecule has 0 aliphatic rings. The number of nitrogens with one attached hydrogen (secondary N) is 1. The van der Waals surface area contributed by atoms with Crippen LogP contribution in [0.4, 0.5) is 10.8 Å². The molecule has 0 spiro atoms. The van der Waals surface area contributed by atoms with Gasteiger partial charge in [-0.05, 0) is 43.2 Å². The van der Waals surface area contributed by atoms with E-state index in [0.29, 0.717) is 16.1 Å². The molecular formula is C21H24N4O3S3. The first-order valence-corrected chi connectivity index (χ1v) is 12.8. The Morgan fingerprint density at radius 1 is 1.13 bits per heavy atom. The number of aryl methyl sites for hydroxylation is 2. The first-order valence-electron chi connectivity index (χ1n) is 9.62. The Bertz CT molecular complexity index is 1160. The third-order valence-electron chi connectivity index (χ3n) is 4.24. The van der Waals surface area contributed by atoms with Crippen molar-refractivity contribution >= 4 is 49.8 Å². The molecule has 3 aromatic rings. The van der Waals surface area contributed by atoms with Crippen molar-refractivity contribution in [3.05, 3.63) is 59.7 Å². The maximum atomic E-state index is 13.4. The lowest BCUT2D eigenvalue weighted by Gasteiger charge is -2.25. The van der Waals surface area contributed by atoms with Crippen molar-refractivity contribution in [3.8, 4) is 0 Å². The average molecular weight is 477 g/mol. The Balaban J connectivity index is 1.91. The van der Waals surface area contributed by atoms with Gasteiger partial charge >= 0.3 is 0 Å². The molecule has 0 unspecified atom stereocenters. The topological polar surface area (TPSA) is 92.3 Å². The summed E-state index contributed by atoms with van der Waals surface area (Å²) in [5, 5.41) is 11.4. The third kappa shape index (κ3) is 5.84. The second-order valence-corrected chi connectivity index (χ2v) is 11.9. The number of aromatic nitrogens is 2. The SMILES string of the molecule is Cc1ccc(C)c(N(CC(=O)Nc2nnc(SC(C)C)s2)S(=O)(=O)c2ccccc2)c1. The molecule has 0 saturated heterocycles. The Morgan fingerprint density at radius 2 is 1.84 bits per heavy atom. The van der Waals surface area contributed by atoms with E-state index in [-0.39, 0.29) is 11.4 Å². The zero-order chi connectivity index (χ0) is 22.6. The Kier molecular flexibility index (Phi) is 7.34. The fourth-order valence-electron chi connectivity index (χ4n) is 2.81. The van der Waals surface area contributed by atoms with Crippen LogP contribution in [0.2, 0.25) is 0 Å². The summed E-state index contributed by atoms with van der Waals surface area (Å²) in [6.07, 6.45) is 0. The van der Waals surface area contributed by atoms with Gasteiger partial charge in [0, 0.05) is 5.25 Å². The van der Waals surface area contributed by atoms with Gasteiger partial charge in [-0.1, -0.05) is 67.3 Å². The fraction of sp³-hybridized carbons (Fsp3) is 0.286. The predicted molar refractivity (Wildman–Crippen MR) is 126 cm³/mol. The van der Waals surface area contributed by atoms with Crippen molar-refractivity contribution in [2.24, 2.45) is 0 Å². The number of carbonyl (C=O) groups is 1. The van der Waals surface area contributed by atoms with Gasteiger partial charge in [-0.25, -0.2) is 8.42 Å². The Labute approximate surface area is 191 Å². The van der Waals surface area contributed by atoms with Crippen molar-refractivity contribution in [1.82, 2.24) is 10.2 Å². The highest BCUT2D eigenvalue weighted by molar-refractivity contribution is 8.01. The van der Waals surface area contributed by atoms with Gasteiger partial charge in [0.15, 0.2) is 4.34 Å². The minimum Gasteiger partial charge on any atom is -0.299 e. The lowest BCUT2D eigenvalue weighted by Crippen LogP contribution is -2.38. The summed E-state index contributed by atoms with van der Waals surface area (Å²) in [7, 11) is -3.96. The lowest BCUT2D eigenvalue weighted by molar-refractivity contribution is -0.114. The standard InChI is InChI=1S/C21H24N4O3S3/c1-14(2)29-21-24-23-20(30-21)22-19(26)13-25(18-12-15(3)10-11-16(18)4)31(27,28)17-8-6-5-7-9-17/h5-12,14H,13H2,1-4H3,(H,22,23,26). The highest BCUT2D eigenvalue weighted by Gasteiger charge is 2.28. The number of anilines is 2. The van der Waals surface area contributed by atoms with Crippen molar-refractivity contribution in [1.29, 1.82) is 0 Å². The van der Waals surface area contributed by atoms with Crippen LogP contribution in [0.25, 0.3) is 0 Å². The molecule has 3 rings (SSSR count). The van der Waals surface area contributed by atoms with Crippen LogP contribution < -0.4 is 9.62 Å². The molecule has 31 heavy (non-hydrogen) atoms. The van der Waals surface area contributed by atoms with Gasteiger partial charge < -0.3 is 0 Å². The van der Waals surface area contributed by atoms with Crippen molar-refractivity contribution < 1.29 is 13.2 Å². The van der Waals surface area contributed by atoms with E-state index < -0.39 is 15.9 Å². The normalized spacial score (nSPS) is 11.5. The number of thioether (sulfide) groups is 1. The summed E-state index contributed by atoms with van der Waals surface area (Å²) in [6.45, 7) is 7.40. The zero-order valence-electron chi connectivity index (χ0n) is 17.7. The molecule has 0 radical (unpaired) electrons. The van der Waals surface area contributed by atoms with E-state index in [4.69, 9.17) is 0 Å². The van der Waals surface area contributed by atoms with Crippen LogP contribution in [0.15, 0.2) is 57.8 Å². The van der Waals surface area contributed by atoms with Crippen LogP contribution in [-0.2, 0) is 14.8 Å². The van der Waals surface area contributed by atoms with Crippen LogP contribution in [0, 0.1) is 13.8 Å². The molecule has 1 heterocycles. The highest BCUT2D eigenvalue weighted by atomic mass is 32.2. The van der Waals surface area contributed by atoms with Crippen molar-refractivity contribution in [2.75, 3.05) is 16.2 Å². The second kappa shape index (κ2) is 9.80. The van der Waals surface area contributed by atoms with Gasteiger partial charge in [-0.3, -0.25) is 14.4 Å². The second-order valence-electron chi connectivity index (χ2n) is 7.20. The molecular weight excluding hydrogens is 452 g/mol. The fourth-order valence-corrected chi connectivity index (χ4v) is 6.30. The molecule has 1 amide bonds. The Hall–Kier alpha value is -2.43. The first kappa shape index (κ1) is 23.2. The molecule has 0 atom stereocenters. The Morgan fingerprint density at radius 3 is 2.52 bits per heavy atom. The summed E-state index contributed by atoms with van der Waals surface area (Å²) < 4.78 is 28.7. The van der Waals surface area contributed by atoms with Crippen LogP contribution >= 0.6 is 23.1 Å². The summed E-state index contributed by atoms with van der Waals surface area (Å²) in [6, 6.07) is 13.6. The smallest absolute Gasteiger partial charge is 0.264 e. The third-order valence-corrected chi connectivity index (χ3v) is 7.94. The molecule has 0 aliphatic heterocycles. The van der Waals surface area contributed by atoms with Crippen LogP contribution in [0.1, 0.15) is 25.0 Å². The average Bonchev–Trinajstić information content (AvgIpc) is 3.14. The van der Waals surface area contributed by atoms with Crippen LogP contribution in [0.5, 0.6) is 0 Å². The highest BCUT2D eigenvalue weighted by Crippen LogP contribution is 2.30. The predicted octanol–water partition coefficient (Wildman–Crippen LogP) is 4.49. The maximum absolute atomic E-state index is 13.4. The van der Waals surface area contributed by atoms with Gasteiger partial charge in [0.05, 0.1) is 10.6 Å². The number of rotatable bonds is 8. The van der Waals surface area contributed by atoms with E-state index in [1.807, 2.05) is 39.8 Å². The molecule has 0 fully saturated rings. The molecule has 0 bridgehead atoms. The monoisotopic (exact) mass is 476 g/mol. The van der Waals surface area contributed by atoms with Crippen LogP contribution in [-0.4, -0.2) is 36.3 Å². The summed E-state index contributed by atoms with van der Waals surface area (Å²) in [5.41, 5.74) is 2.12. The number of hydrogen-bond donors (Lipinski definition) is 1. The molecule has 0 saturated carbocycles. The number of hydrogen-bond acceptors (Lipinski definition) is 7. The number of amides is 1. The molecule has 7 nitrogen and oxygen atoms in total. The van der Waals surface area contributed by atoms with E-state index in [1.165, 1.54) is 23.5 Å². The largest absolute Gasteiger partial charge is 0.299 e. The number of carbonyl (C=O) groups excluding carboxylic acids is 1. The molecule has 1 aromatic heterocycles. The minimum absolute atomic E-state index is 0.121. The number of nitrogens with zero attached hydrogens (tertiary/aromatic N) is 3. The van der Waals surface area contributed by atoms with Gasteiger partial charge in [-0.2, -0.15) is 0 Å². The summed E-state index contributed by atoms with van der Waals surface area (Å²) in [5.74, 6) is -0.488. The van der Waals surface area contributed by atoms with E-state index in [9.17, 15) is 13.2 Å². The van der Waals surface area contributed by atoms with Crippen molar-refractivity contribution in [2.45, 2.75) is 42.2 Å². The summed E-state index contributed by atoms with van der Waals surface area (Å²) in [4.78, 5) is 12.9. The molecule has 164 valence electrons. The van der Waals surface area contributed by atoms with Gasteiger partial charge in [-0.15, -0.1) is 10.2 Å². The van der Waals surface area contributed by atoms with Crippen molar-refractivity contribution in [3.63, 3.8) is 0 Å². The zero-order valence-corrected chi connectivity index (χ0v) is 20.1. The molecule has 0 aliphatic carbocycles. The van der Waals surface area contributed by atoms with Gasteiger partial charge in [0.1, 0.15) is 6.54 Å². The minimum atomic E-state index is -3.96. The van der Waals surface area contributed by atoms with E-state index >= 15 is 0 Å². The van der Waals surface area contributed by atoms with Gasteiger partial charge in [0.2, 0.25) is 11.0 Å². The molecule has 1 N–H and O–H groups in total. The van der Waals surface area contributed by atoms with E-state index in [2.05, 4.69) is 15.5 Å². The van der Waals surface area contributed by atoms with E-state index in [1.54, 1.807) is 36.0 Å². The summed E-state index contributed by atoms with van der Waals surface area (Å²) >= 11 is 2.81. The van der Waals surface area contributed by atoms with Gasteiger partial charge in [0.25, 0.3) is 10.0 Å². The molecule has 2 aromatic carbocycles.